The zero-order chi connectivity index (χ0) is 27.9. The Morgan fingerprint density at radius 1 is 0.850 bits per heavy atom. The number of ether oxygens (including phenoxy) is 4. The second kappa shape index (κ2) is 12.8. The summed E-state index contributed by atoms with van der Waals surface area (Å²) < 4.78 is 30.2. The van der Waals surface area contributed by atoms with Gasteiger partial charge in [0.2, 0.25) is 17.5 Å². The van der Waals surface area contributed by atoms with Gasteiger partial charge in [-0.25, -0.2) is 0 Å². The fourth-order valence-electron chi connectivity index (χ4n) is 3.90. The highest BCUT2D eigenvalue weighted by Gasteiger charge is 2.19. The van der Waals surface area contributed by atoms with Gasteiger partial charge in [-0.05, 0) is 42.0 Å². The van der Waals surface area contributed by atoms with Gasteiger partial charge in [-0.3, -0.25) is 4.57 Å². The molecule has 0 aliphatic carbocycles. The van der Waals surface area contributed by atoms with Crippen LogP contribution in [0.4, 0.5) is 0 Å². The van der Waals surface area contributed by atoms with Crippen molar-refractivity contribution in [3.63, 3.8) is 0 Å². The number of nitrogens with zero attached hydrogens (tertiary/aromatic N) is 5. The summed E-state index contributed by atoms with van der Waals surface area (Å²) in [7, 11) is 4.66. The Hall–Kier alpha value is -4.22. The van der Waals surface area contributed by atoms with Gasteiger partial charge in [-0.15, -0.1) is 20.4 Å². The minimum atomic E-state index is 0.244. The van der Waals surface area contributed by atoms with Crippen LogP contribution in [0.5, 0.6) is 23.0 Å². The van der Waals surface area contributed by atoms with E-state index in [4.69, 9.17) is 35.0 Å². The van der Waals surface area contributed by atoms with Gasteiger partial charge in [-0.2, -0.15) is 0 Å². The molecule has 0 saturated heterocycles. The largest absolute Gasteiger partial charge is 0.493 e. The van der Waals surface area contributed by atoms with Gasteiger partial charge in [0.05, 0.1) is 33.6 Å². The molecule has 5 rings (SSSR count). The fourth-order valence-corrected chi connectivity index (χ4v) is 4.82. The lowest BCUT2D eigenvalue weighted by Crippen LogP contribution is -2.09. The molecule has 0 unspecified atom stereocenters. The number of hydrogen-bond donors (Lipinski definition) is 0. The molecule has 12 heteroatoms. The number of thioether (sulfide) groups is 1. The van der Waals surface area contributed by atoms with Crippen LogP contribution in [-0.4, -0.2) is 46.3 Å². The molecule has 2 aromatic heterocycles. The van der Waals surface area contributed by atoms with Gasteiger partial charge in [-0.1, -0.05) is 53.7 Å². The first-order valence-electron chi connectivity index (χ1n) is 12.2. The molecule has 0 radical (unpaired) electrons. The van der Waals surface area contributed by atoms with Crippen LogP contribution in [0.3, 0.4) is 0 Å². The van der Waals surface area contributed by atoms with Crippen molar-refractivity contribution >= 4 is 23.4 Å². The quantitative estimate of drug-likeness (QED) is 0.165. The van der Waals surface area contributed by atoms with Crippen LogP contribution in [0.25, 0.3) is 11.5 Å². The van der Waals surface area contributed by atoms with E-state index in [0.29, 0.717) is 68.6 Å². The van der Waals surface area contributed by atoms with Crippen LogP contribution in [0.1, 0.15) is 17.3 Å². The summed E-state index contributed by atoms with van der Waals surface area (Å²) in [6.07, 6.45) is 0. The zero-order valence-corrected chi connectivity index (χ0v) is 23.6. The summed E-state index contributed by atoms with van der Waals surface area (Å²) in [5, 5.41) is 18.6. The molecule has 0 spiro atoms. The molecule has 10 nitrogen and oxygen atoms in total. The molecule has 40 heavy (non-hydrogen) atoms. The highest BCUT2D eigenvalue weighted by molar-refractivity contribution is 7.98. The van der Waals surface area contributed by atoms with E-state index in [1.54, 1.807) is 45.6 Å². The summed E-state index contributed by atoms with van der Waals surface area (Å²) >= 11 is 7.43. The number of halogens is 1. The summed E-state index contributed by atoms with van der Waals surface area (Å²) in [6.45, 7) is 0.823. The lowest BCUT2D eigenvalue weighted by Gasteiger charge is -2.12. The van der Waals surface area contributed by atoms with Crippen molar-refractivity contribution in [2.24, 2.45) is 0 Å². The number of methoxy groups -OCH3 is 3. The van der Waals surface area contributed by atoms with Gasteiger partial charge in [0.1, 0.15) is 12.4 Å². The molecule has 0 saturated carbocycles. The maximum atomic E-state index is 5.99. The third-order valence-electron chi connectivity index (χ3n) is 5.86. The molecule has 206 valence electrons. The molecular formula is C28H26ClN5O5S. The summed E-state index contributed by atoms with van der Waals surface area (Å²) in [5.74, 6) is 4.00. The predicted molar refractivity (Wildman–Crippen MR) is 150 cm³/mol. The van der Waals surface area contributed by atoms with Gasteiger partial charge >= 0.3 is 0 Å². The lowest BCUT2D eigenvalue weighted by atomic mass is 10.2. The fraction of sp³-hybridized carbons (Fsp3) is 0.214. The molecule has 0 fully saturated rings. The summed E-state index contributed by atoms with van der Waals surface area (Å²) in [5.41, 5.74) is 1.76. The highest BCUT2D eigenvalue weighted by Crippen LogP contribution is 2.41. The van der Waals surface area contributed by atoms with Crippen molar-refractivity contribution in [2.75, 3.05) is 21.3 Å². The lowest BCUT2D eigenvalue weighted by molar-refractivity contribution is 0.289. The van der Waals surface area contributed by atoms with Crippen molar-refractivity contribution < 1.29 is 23.4 Å². The van der Waals surface area contributed by atoms with Gasteiger partial charge < -0.3 is 23.4 Å². The molecule has 0 bridgehead atoms. The maximum Gasteiger partial charge on any atom is 0.248 e. The van der Waals surface area contributed by atoms with Crippen LogP contribution in [0.15, 0.2) is 76.3 Å². The first-order valence-corrected chi connectivity index (χ1v) is 13.5. The highest BCUT2D eigenvalue weighted by atomic mass is 35.5. The van der Waals surface area contributed by atoms with Crippen molar-refractivity contribution in [3.05, 3.63) is 89.0 Å². The third kappa shape index (κ3) is 6.32. The molecular weight excluding hydrogens is 554 g/mol. The Morgan fingerprint density at radius 2 is 1.57 bits per heavy atom. The zero-order valence-electron chi connectivity index (χ0n) is 22.0. The maximum absolute atomic E-state index is 5.99. The van der Waals surface area contributed by atoms with E-state index in [2.05, 4.69) is 32.5 Å². The summed E-state index contributed by atoms with van der Waals surface area (Å²) in [4.78, 5) is 0. The molecule has 0 aliphatic heterocycles. The second-order valence-corrected chi connectivity index (χ2v) is 9.80. The molecule has 2 heterocycles. The minimum absolute atomic E-state index is 0.244. The van der Waals surface area contributed by atoms with Crippen molar-refractivity contribution in [1.29, 1.82) is 0 Å². The van der Waals surface area contributed by atoms with Crippen LogP contribution < -0.4 is 18.9 Å². The van der Waals surface area contributed by atoms with E-state index in [1.165, 1.54) is 11.8 Å². The van der Waals surface area contributed by atoms with E-state index < -0.39 is 0 Å². The second-order valence-electron chi connectivity index (χ2n) is 8.42. The minimum Gasteiger partial charge on any atom is -0.493 e. The van der Waals surface area contributed by atoms with Gasteiger partial charge in [0.25, 0.3) is 0 Å². The SMILES string of the molecule is COc1cc(-c2nnc(CSc3nnc(COc4ccc(Cl)cc4)n3Cc3ccccc3)o2)cc(OC)c1OC. The first-order chi connectivity index (χ1) is 19.6. The van der Waals surface area contributed by atoms with Crippen molar-refractivity contribution in [2.45, 2.75) is 24.1 Å². The molecule has 3 aromatic carbocycles. The molecule has 0 amide bonds. The predicted octanol–water partition coefficient (Wildman–Crippen LogP) is 5.93. The number of benzene rings is 3. The van der Waals surface area contributed by atoms with Crippen LogP contribution >= 0.6 is 23.4 Å². The van der Waals surface area contributed by atoms with E-state index in [0.717, 1.165) is 5.56 Å². The smallest absolute Gasteiger partial charge is 0.248 e. The normalized spacial score (nSPS) is 10.9. The average molecular weight is 580 g/mol. The van der Waals surface area contributed by atoms with Crippen LogP contribution in [0.2, 0.25) is 5.02 Å². The Labute approximate surface area is 240 Å². The Bertz CT molecular complexity index is 1530. The van der Waals surface area contributed by atoms with E-state index in [-0.39, 0.29) is 6.61 Å². The van der Waals surface area contributed by atoms with Crippen LogP contribution in [0, 0.1) is 0 Å². The van der Waals surface area contributed by atoms with E-state index >= 15 is 0 Å². The molecule has 0 aliphatic rings. The van der Waals surface area contributed by atoms with E-state index in [1.807, 2.05) is 34.9 Å². The van der Waals surface area contributed by atoms with Crippen molar-refractivity contribution in [1.82, 2.24) is 25.0 Å². The Balaban J connectivity index is 1.34. The molecule has 5 aromatic rings. The average Bonchev–Trinajstić information content (AvgIpc) is 3.62. The topological polar surface area (TPSA) is 107 Å². The third-order valence-corrected chi connectivity index (χ3v) is 7.07. The van der Waals surface area contributed by atoms with Gasteiger partial charge in [0.15, 0.2) is 22.5 Å². The monoisotopic (exact) mass is 579 g/mol. The first kappa shape index (κ1) is 27.4. The molecule has 0 N–H and O–H groups in total. The van der Waals surface area contributed by atoms with Crippen molar-refractivity contribution in [3.8, 4) is 34.5 Å². The number of hydrogen-bond acceptors (Lipinski definition) is 10. The number of rotatable bonds is 12. The Morgan fingerprint density at radius 3 is 2.25 bits per heavy atom. The van der Waals surface area contributed by atoms with E-state index in [9.17, 15) is 0 Å². The van der Waals surface area contributed by atoms with Gasteiger partial charge in [0, 0.05) is 10.6 Å². The number of aromatic nitrogens is 5. The van der Waals surface area contributed by atoms with Crippen LogP contribution in [-0.2, 0) is 18.9 Å². The standard InChI is InChI=1S/C28H26ClN5O5S/c1-35-22-13-19(14-23(36-2)26(22)37-3)27-32-31-25(39-27)17-40-28-33-30-24(16-38-21-11-9-20(29)10-12-21)34(28)15-18-7-5-4-6-8-18/h4-14H,15-17H2,1-3H3. The Kier molecular flexibility index (Phi) is 8.72. The molecule has 0 atom stereocenters. The summed E-state index contributed by atoms with van der Waals surface area (Å²) in [6, 6.07) is 20.8.